The number of alkyl halides is 3. The number of phenols is 1. The standard InChI is InChI=1S/C18H12ClF3N2O3/c1-27-17(26)11-8-10(6-7-15(11)25)14-9-16(18(20,21)22)23-24(14)13-5-3-2-4-12(13)19/h2-9,25H,1H3. The van der Waals surface area contributed by atoms with Crippen LogP contribution in [0.3, 0.4) is 0 Å². The third-order valence-electron chi connectivity index (χ3n) is 3.78. The number of carbonyl (C=O) groups is 1. The Labute approximate surface area is 156 Å². The van der Waals surface area contributed by atoms with Crippen molar-refractivity contribution in [3.05, 3.63) is 64.8 Å². The maximum atomic E-state index is 13.2. The summed E-state index contributed by atoms with van der Waals surface area (Å²) in [6.07, 6.45) is -4.68. The van der Waals surface area contributed by atoms with E-state index >= 15 is 0 Å². The molecule has 0 saturated carbocycles. The van der Waals surface area contributed by atoms with Gasteiger partial charge in [0.1, 0.15) is 11.3 Å². The van der Waals surface area contributed by atoms with Crippen molar-refractivity contribution in [2.45, 2.75) is 6.18 Å². The number of hydrogen-bond acceptors (Lipinski definition) is 4. The van der Waals surface area contributed by atoms with Crippen molar-refractivity contribution in [3.8, 4) is 22.7 Å². The predicted molar refractivity (Wildman–Crippen MR) is 92.0 cm³/mol. The average Bonchev–Trinajstić information content (AvgIpc) is 3.07. The Morgan fingerprint density at radius 2 is 1.89 bits per heavy atom. The Morgan fingerprint density at radius 3 is 2.52 bits per heavy atom. The molecule has 0 atom stereocenters. The SMILES string of the molecule is COC(=O)c1cc(-c2cc(C(F)(F)F)nn2-c2ccccc2Cl)ccc1O. The molecule has 0 aliphatic rings. The molecule has 0 aliphatic carbocycles. The number of methoxy groups -OCH3 is 1. The smallest absolute Gasteiger partial charge is 0.435 e. The number of benzene rings is 2. The van der Waals surface area contributed by atoms with Crippen molar-refractivity contribution in [2.24, 2.45) is 0 Å². The molecule has 140 valence electrons. The summed E-state index contributed by atoms with van der Waals surface area (Å²) in [6, 6.07) is 10.9. The molecule has 1 N–H and O–H groups in total. The fourth-order valence-electron chi connectivity index (χ4n) is 2.50. The first kappa shape index (κ1) is 18.8. The third kappa shape index (κ3) is 3.61. The van der Waals surface area contributed by atoms with Gasteiger partial charge in [0.25, 0.3) is 0 Å². The van der Waals surface area contributed by atoms with Crippen LogP contribution in [-0.2, 0) is 10.9 Å². The Hall–Kier alpha value is -3.00. The average molecular weight is 397 g/mol. The van der Waals surface area contributed by atoms with Crippen molar-refractivity contribution in [1.29, 1.82) is 0 Å². The Balaban J connectivity index is 2.25. The van der Waals surface area contributed by atoms with E-state index in [1.54, 1.807) is 12.1 Å². The van der Waals surface area contributed by atoms with Crippen LogP contribution < -0.4 is 0 Å². The van der Waals surface area contributed by atoms with Crippen molar-refractivity contribution < 1.29 is 27.8 Å². The van der Waals surface area contributed by atoms with E-state index in [4.69, 9.17) is 11.6 Å². The minimum Gasteiger partial charge on any atom is -0.507 e. The van der Waals surface area contributed by atoms with Crippen LogP contribution in [0.25, 0.3) is 16.9 Å². The molecule has 9 heteroatoms. The Kier molecular flexibility index (Phi) is 4.84. The molecule has 0 aliphatic heterocycles. The maximum absolute atomic E-state index is 13.2. The summed E-state index contributed by atoms with van der Waals surface area (Å²) in [6.45, 7) is 0. The van der Waals surface area contributed by atoms with Crippen LogP contribution in [0.1, 0.15) is 16.1 Å². The highest BCUT2D eigenvalue weighted by atomic mass is 35.5. The summed E-state index contributed by atoms with van der Waals surface area (Å²) in [5, 5.41) is 13.7. The fraction of sp³-hybridized carbons (Fsp3) is 0.111. The molecule has 2 aromatic carbocycles. The number of hydrogen-bond donors (Lipinski definition) is 1. The zero-order valence-electron chi connectivity index (χ0n) is 13.8. The highest BCUT2D eigenvalue weighted by molar-refractivity contribution is 6.32. The summed E-state index contributed by atoms with van der Waals surface area (Å²) in [7, 11) is 1.13. The lowest BCUT2D eigenvalue weighted by Gasteiger charge is -2.11. The number of halogens is 4. The van der Waals surface area contributed by atoms with Gasteiger partial charge in [-0.1, -0.05) is 23.7 Å². The van der Waals surface area contributed by atoms with Crippen molar-refractivity contribution in [3.63, 3.8) is 0 Å². The minimum atomic E-state index is -4.68. The van der Waals surface area contributed by atoms with Crippen LogP contribution in [0.15, 0.2) is 48.5 Å². The Morgan fingerprint density at radius 1 is 1.19 bits per heavy atom. The molecular formula is C18H12ClF3N2O3. The number of ether oxygens (including phenoxy) is 1. The molecule has 0 spiro atoms. The number of esters is 1. The Bertz CT molecular complexity index is 1020. The zero-order valence-corrected chi connectivity index (χ0v) is 14.5. The zero-order chi connectivity index (χ0) is 19.8. The lowest BCUT2D eigenvalue weighted by atomic mass is 10.1. The number of rotatable bonds is 3. The van der Waals surface area contributed by atoms with Gasteiger partial charge in [0.15, 0.2) is 5.69 Å². The molecule has 3 rings (SSSR count). The molecule has 1 aromatic heterocycles. The van der Waals surface area contributed by atoms with E-state index in [0.29, 0.717) is 0 Å². The van der Waals surface area contributed by atoms with Gasteiger partial charge in [0.05, 0.1) is 23.5 Å². The molecule has 0 bridgehead atoms. The van der Waals surface area contributed by atoms with Gasteiger partial charge in [-0.3, -0.25) is 0 Å². The second kappa shape index (κ2) is 6.96. The fourth-order valence-corrected chi connectivity index (χ4v) is 2.72. The number of carbonyl (C=O) groups excluding carboxylic acids is 1. The maximum Gasteiger partial charge on any atom is 0.435 e. The van der Waals surface area contributed by atoms with E-state index in [0.717, 1.165) is 17.9 Å². The monoisotopic (exact) mass is 396 g/mol. The largest absolute Gasteiger partial charge is 0.507 e. The molecule has 0 fully saturated rings. The predicted octanol–water partition coefficient (Wildman–Crippen LogP) is 4.70. The lowest BCUT2D eigenvalue weighted by Crippen LogP contribution is -2.07. The molecule has 1 heterocycles. The molecule has 27 heavy (non-hydrogen) atoms. The summed E-state index contributed by atoms with van der Waals surface area (Å²) < 4.78 is 45.3. The molecule has 0 radical (unpaired) electrons. The number of para-hydroxylation sites is 1. The van der Waals surface area contributed by atoms with Gasteiger partial charge < -0.3 is 9.84 Å². The van der Waals surface area contributed by atoms with Crippen molar-refractivity contribution >= 4 is 17.6 Å². The van der Waals surface area contributed by atoms with Crippen molar-refractivity contribution in [1.82, 2.24) is 9.78 Å². The van der Waals surface area contributed by atoms with E-state index in [1.807, 2.05) is 0 Å². The molecule has 3 aromatic rings. The minimum absolute atomic E-state index is 0.0422. The summed E-state index contributed by atoms with van der Waals surface area (Å²) >= 11 is 6.11. The van der Waals surface area contributed by atoms with E-state index in [1.165, 1.54) is 30.3 Å². The lowest BCUT2D eigenvalue weighted by molar-refractivity contribution is -0.141. The number of aromatic hydroxyl groups is 1. The van der Waals surface area contributed by atoms with Crippen LogP contribution in [0.4, 0.5) is 13.2 Å². The van der Waals surface area contributed by atoms with E-state index in [9.17, 15) is 23.1 Å². The molecule has 5 nitrogen and oxygen atoms in total. The second-order valence-corrected chi connectivity index (χ2v) is 5.91. The van der Waals surface area contributed by atoms with Gasteiger partial charge in [-0.25, -0.2) is 9.48 Å². The quantitative estimate of drug-likeness (QED) is 0.651. The third-order valence-corrected chi connectivity index (χ3v) is 4.10. The normalized spacial score (nSPS) is 11.4. The topological polar surface area (TPSA) is 64.3 Å². The molecule has 0 unspecified atom stereocenters. The first-order valence-electron chi connectivity index (χ1n) is 7.56. The first-order chi connectivity index (χ1) is 12.7. The molecule has 0 saturated heterocycles. The van der Waals surface area contributed by atoms with Gasteiger partial charge in [0, 0.05) is 5.56 Å². The van der Waals surface area contributed by atoms with Crippen LogP contribution in [0.5, 0.6) is 5.75 Å². The second-order valence-electron chi connectivity index (χ2n) is 5.50. The highest BCUT2D eigenvalue weighted by Crippen LogP contribution is 2.35. The highest BCUT2D eigenvalue weighted by Gasteiger charge is 2.35. The van der Waals surface area contributed by atoms with Crippen LogP contribution in [-0.4, -0.2) is 28.0 Å². The summed E-state index contributed by atoms with van der Waals surface area (Å²) in [4.78, 5) is 11.8. The van der Waals surface area contributed by atoms with Crippen molar-refractivity contribution in [2.75, 3.05) is 7.11 Å². The number of nitrogens with zero attached hydrogens (tertiary/aromatic N) is 2. The molecular weight excluding hydrogens is 385 g/mol. The van der Waals surface area contributed by atoms with Crippen LogP contribution in [0, 0.1) is 0 Å². The van der Waals surface area contributed by atoms with Gasteiger partial charge in [0.2, 0.25) is 0 Å². The van der Waals surface area contributed by atoms with Gasteiger partial charge >= 0.3 is 12.1 Å². The summed E-state index contributed by atoms with van der Waals surface area (Å²) in [5.74, 6) is -1.18. The number of aromatic nitrogens is 2. The van der Waals surface area contributed by atoms with Gasteiger partial charge in [-0.15, -0.1) is 0 Å². The van der Waals surface area contributed by atoms with E-state index in [-0.39, 0.29) is 33.3 Å². The summed E-state index contributed by atoms with van der Waals surface area (Å²) in [5.41, 5.74) is -0.811. The molecule has 0 amide bonds. The van der Waals surface area contributed by atoms with E-state index < -0.39 is 17.8 Å². The van der Waals surface area contributed by atoms with Gasteiger partial charge in [-0.05, 0) is 36.4 Å². The van der Waals surface area contributed by atoms with E-state index in [2.05, 4.69) is 9.84 Å². The number of phenolic OH excluding ortho intramolecular Hbond substituents is 1. The van der Waals surface area contributed by atoms with Crippen LogP contribution in [0.2, 0.25) is 5.02 Å². The van der Waals surface area contributed by atoms with Crippen LogP contribution >= 0.6 is 11.6 Å². The first-order valence-corrected chi connectivity index (χ1v) is 7.94. The van der Waals surface area contributed by atoms with Gasteiger partial charge in [-0.2, -0.15) is 18.3 Å².